The first-order valence-electron chi connectivity index (χ1n) is 6.04. The molecule has 0 radical (unpaired) electrons. The van der Waals surface area contributed by atoms with Gasteiger partial charge in [0.2, 0.25) is 5.91 Å². The Kier molecular flexibility index (Phi) is 4.46. The molecule has 106 valence electrons. The van der Waals surface area contributed by atoms with Crippen molar-refractivity contribution in [1.82, 2.24) is 10.2 Å². The molecule has 2 rings (SSSR count). The van der Waals surface area contributed by atoms with Crippen molar-refractivity contribution in [2.75, 3.05) is 13.1 Å². The third kappa shape index (κ3) is 4.83. The van der Waals surface area contributed by atoms with Crippen LogP contribution in [0.4, 0.5) is 13.2 Å². The van der Waals surface area contributed by atoms with E-state index in [0.717, 1.165) is 18.4 Å². The zero-order chi connectivity index (χ0) is 13.9. The highest BCUT2D eigenvalue weighted by Gasteiger charge is 2.33. The van der Waals surface area contributed by atoms with Crippen LogP contribution in [0.2, 0.25) is 0 Å². The Morgan fingerprint density at radius 1 is 1.47 bits per heavy atom. The Hall–Kier alpha value is -1.08. The summed E-state index contributed by atoms with van der Waals surface area (Å²) < 4.78 is 36.0. The number of rotatable bonds is 6. The molecule has 7 heteroatoms. The van der Waals surface area contributed by atoms with Gasteiger partial charge in [0, 0.05) is 12.6 Å². The lowest BCUT2D eigenvalue weighted by Gasteiger charge is -2.22. The second-order valence-electron chi connectivity index (χ2n) is 4.60. The molecule has 0 saturated heterocycles. The number of carbonyl (C=O) groups is 1. The summed E-state index contributed by atoms with van der Waals surface area (Å²) in [6.45, 7) is -0.906. The van der Waals surface area contributed by atoms with Crippen LogP contribution in [-0.4, -0.2) is 36.1 Å². The minimum atomic E-state index is -4.28. The van der Waals surface area contributed by atoms with Gasteiger partial charge in [0.25, 0.3) is 0 Å². The van der Waals surface area contributed by atoms with E-state index in [0.29, 0.717) is 6.54 Å². The van der Waals surface area contributed by atoms with E-state index in [2.05, 4.69) is 5.32 Å². The van der Waals surface area contributed by atoms with E-state index in [1.807, 2.05) is 16.8 Å². The van der Waals surface area contributed by atoms with Gasteiger partial charge in [0.05, 0.1) is 13.1 Å². The van der Waals surface area contributed by atoms with E-state index in [1.165, 1.54) is 0 Å². The molecule has 1 heterocycles. The zero-order valence-electron chi connectivity index (χ0n) is 10.2. The molecule has 1 aromatic heterocycles. The molecule has 0 atom stereocenters. The minimum absolute atomic E-state index is 0.195. The van der Waals surface area contributed by atoms with Crippen molar-refractivity contribution in [1.29, 1.82) is 0 Å². The summed E-state index contributed by atoms with van der Waals surface area (Å²) in [4.78, 5) is 13.6. The highest BCUT2D eigenvalue weighted by atomic mass is 32.1. The van der Waals surface area contributed by atoms with Crippen LogP contribution in [0, 0.1) is 0 Å². The number of hydrogen-bond acceptors (Lipinski definition) is 3. The smallest absolute Gasteiger partial charge is 0.334 e. The van der Waals surface area contributed by atoms with Crippen LogP contribution in [0.15, 0.2) is 16.8 Å². The maximum Gasteiger partial charge on any atom is 0.401 e. The van der Waals surface area contributed by atoms with Gasteiger partial charge < -0.3 is 10.2 Å². The monoisotopic (exact) mass is 292 g/mol. The molecule has 19 heavy (non-hydrogen) atoms. The van der Waals surface area contributed by atoms with Crippen molar-refractivity contribution >= 4 is 17.2 Å². The van der Waals surface area contributed by atoms with Gasteiger partial charge in [0.1, 0.15) is 0 Å². The van der Waals surface area contributed by atoms with Crippen LogP contribution in [-0.2, 0) is 11.3 Å². The van der Waals surface area contributed by atoms with Crippen LogP contribution in [0.1, 0.15) is 18.4 Å². The number of carbonyl (C=O) groups excluding carboxylic acids is 1. The molecular weight excluding hydrogens is 277 g/mol. The van der Waals surface area contributed by atoms with E-state index in [-0.39, 0.29) is 18.5 Å². The Bertz CT molecular complexity index is 415. The Labute approximate surface area is 113 Å². The van der Waals surface area contributed by atoms with Gasteiger partial charge >= 0.3 is 6.18 Å². The number of thiophene rings is 1. The average Bonchev–Trinajstić information content (AvgIpc) is 3.01. The number of nitrogens with zero attached hydrogens (tertiary/aromatic N) is 1. The van der Waals surface area contributed by atoms with E-state index >= 15 is 0 Å². The van der Waals surface area contributed by atoms with E-state index in [4.69, 9.17) is 0 Å². The first-order valence-corrected chi connectivity index (χ1v) is 6.98. The maximum absolute atomic E-state index is 12.0. The summed E-state index contributed by atoms with van der Waals surface area (Å²) in [5, 5.41) is 6.03. The molecule has 1 amide bonds. The van der Waals surface area contributed by atoms with Crippen LogP contribution >= 0.6 is 11.3 Å². The van der Waals surface area contributed by atoms with Gasteiger partial charge in [-0.2, -0.15) is 24.5 Å². The van der Waals surface area contributed by atoms with E-state index in [1.54, 1.807) is 16.2 Å². The summed E-state index contributed by atoms with van der Waals surface area (Å²) >= 11 is 1.54. The molecule has 0 aliphatic heterocycles. The molecule has 1 N–H and O–H groups in total. The summed E-state index contributed by atoms with van der Waals surface area (Å²) in [5.41, 5.74) is 1.03. The highest BCUT2D eigenvalue weighted by Crippen LogP contribution is 2.28. The predicted molar refractivity (Wildman–Crippen MR) is 66.8 cm³/mol. The highest BCUT2D eigenvalue weighted by molar-refractivity contribution is 7.07. The normalized spacial score (nSPS) is 15.5. The molecule has 0 aromatic carbocycles. The number of halogens is 3. The SMILES string of the molecule is O=C(CNCC(F)(F)F)N(Cc1ccsc1)C1CC1. The predicted octanol–water partition coefficient (Wildman–Crippen LogP) is 2.39. The van der Waals surface area contributed by atoms with E-state index < -0.39 is 12.7 Å². The quantitative estimate of drug-likeness (QED) is 0.873. The van der Waals surface area contributed by atoms with Crippen LogP contribution in [0.5, 0.6) is 0 Å². The van der Waals surface area contributed by atoms with E-state index in [9.17, 15) is 18.0 Å². The standard InChI is InChI=1S/C12H15F3N2OS/c13-12(14,15)8-16-5-11(18)17(10-1-2-10)6-9-3-4-19-7-9/h3-4,7,10,16H,1-2,5-6,8H2. The zero-order valence-corrected chi connectivity index (χ0v) is 11.1. The van der Waals surface area contributed by atoms with Crippen molar-refractivity contribution < 1.29 is 18.0 Å². The second kappa shape index (κ2) is 5.92. The molecular formula is C12H15F3N2OS. The fourth-order valence-corrected chi connectivity index (χ4v) is 2.46. The molecule has 1 fully saturated rings. The van der Waals surface area contributed by atoms with Gasteiger partial charge in [-0.25, -0.2) is 0 Å². The first kappa shape index (κ1) is 14.3. The molecule has 3 nitrogen and oxygen atoms in total. The third-order valence-electron chi connectivity index (χ3n) is 2.84. The lowest BCUT2D eigenvalue weighted by molar-refractivity contribution is -0.135. The Balaban J connectivity index is 1.83. The lowest BCUT2D eigenvalue weighted by Crippen LogP contribution is -2.41. The fourth-order valence-electron chi connectivity index (χ4n) is 1.80. The van der Waals surface area contributed by atoms with Gasteiger partial charge in [-0.15, -0.1) is 0 Å². The summed E-state index contributed by atoms with van der Waals surface area (Å²) in [6, 6.07) is 2.12. The van der Waals surface area contributed by atoms with Crippen molar-refractivity contribution in [3.8, 4) is 0 Å². The molecule has 1 saturated carbocycles. The molecule has 1 aromatic rings. The van der Waals surface area contributed by atoms with Crippen molar-refractivity contribution in [3.63, 3.8) is 0 Å². The Morgan fingerprint density at radius 3 is 2.74 bits per heavy atom. The second-order valence-corrected chi connectivity index (χ2v) is 5.38. The van der Waals surface area contributed by atoms with Gasteiger partial charge in [-0.05, 0) is 35.2 Å². The molecule has 1 aliphatic rings. The van der Waals surface area contributed by atoms with Gasteiger partial charge in [-0.1, -0.05) is 0 Å². The summed E-state index contributed by atoms with van der Waals surface area (Å²) in [5.74, 6) is -0.266. The average molecular weight is 292 g/mol. The largest absolute Gasteiger partial charge is 0.401 e. The van der Waals surface area contributed by atoms with Gasteiger partial charge in [0.15, 0.2) is 0 Å². The van der Waals surface area contributed by atoms with Crippen molar-refractivity contribution in [2.45, 2.75) is 31.6 Å². The lowest BCUT2D eigenvalue weighted by atomic mass is 10.3. The first-order chi connectivity index (χ1) is 8.96. The van der Waals surface area contributed by atoms with Crippen molar-refractivity contribution in [2.24, 2.45) is 0 Å². The van der Waals surface area contributed by atoms with Crippen LogP contribution < -0.4 is 5.32 Å². The minimum Gasteiger partial charge on any atom is -0.334 e. The summed E-state index contributed by atoms with van der Waals surface area (Å²) in [7, 11) is 0. The summed E-state index contributed by atoms with van der Waals surface area (Å²) in [6.07, 6.45) is -2.40. The van der Waals surface area contributed by atoms with Crippen LogP contribution in [0.25, 0.3) is 0 Å². The maximum atomic E-state index is 12.0. The van der Waals surface area contributed by atoms with Crippen LogP contribution in [0.3, 0.4) is 0 Å². The number of hydrogen-bond donors (Lipinski definition) is 1. The molecule has 0 unspecified atom stereocenters. The molecule has 0 spiro atoms. The molecule has 0 bridgehead atoms. The topological polar surface area (TPSA) is 32.3 Å². The number of amides is 1. The number of alkyl halides is 3. The fraction of sp³-hybridized carbons (Fsp3) is 0.583. The Morgan fingerprint density at radius 2 is 2.21 bits per heavy atom. The van der Waals surface area contributed by atoms with Crippen molar-refractivity contribution in [3.05, 3.63) is 22.4 Å². The van der Waals surface area contributed by atoms with Gasteiger partial charge in [-0.3, -0.25) is 4.79 Å². The number of nitrogens with one attached hydrogen (secondary N) is 1. The molecule has 1 aliphatic carbocycles. The third-order valence-corrected chi connectivity index (χ3v) is 3.57.